The zero-order valence-electron chi connectivity index (χ0n) is 11.0. The molecule has 0 N–H and O–H groups in total. The number of rotatable bonds is 3. The Morgan fingerprint density at radius 2 is 1.95 bits per heavy atom. The number of carbonyl (C=O) groups excluding carboxylic acids is 1. The fourth-order valence-electron chi connectivity index (χ4n) is 1.87. The molecule has 3 nitrogen and oxygen atoms in total. The summed E-state index contributed by atoms with van der Waals surface area (Å²) >= 11 is 3.36. The minimum Gasteiger partial charge on any atom is -0.337 e. The van der Waals surface area contributed by atoms with Crippen molar-refractivity contribution in [2.24, 2.45) is 0 Å². The lowest BCUT2D eigenvalue weighted by molar-refractivity contribution is 0.0785. The van der Waals surface area contributed by atoms with E-state index in [0.717, 1.165) is 10.0 Å². The van der Waals surface area contributed by atoms with E-state index in [9.17, 15) is 4.79 Å². The maximum atomic E-state index is 12.3. The Kier molecular flexibility index (Phi) is 4.54. The van der Waals surface area contributed by atoms with Crippen LogP contribution in [0.4, 0.5) is 0 Å². The number of hydrogen-bond donors (Lipinski definition) is 0. The number of nitriles is 1. The number of hydrogen-bond acceptors (Lipinski definition) is 2. The maximum absolute atomic E-state index is 12.3. The van der Waals surface area contributed by atoms with Crippen LogP contribution < -0.4 is 0 Å². The van der Waals surface area contributed by atoms with Crippen LogP contribution in [0.25, 0.3) is 0 Å². The van der Waals surface area contributed by atoms with Crippen LogP contribution in [0.2, 0.25) is 0 Å². The Bertz CT molecular complexity index is 659. The van der Waals surface area contributed by atoms with Gasteiger partial charge in [0.25, 0.3) is 5.91 Å². The Morgan fingerprint density at radius 1 is 1.25 bits per heavy atom. The first-order valence-electron chi connectivity index (χ1n) is 6.10. The predicted octanol–water partition coefficient (Wildman–Crippen LogP) is 3.59. The third kappa shape index (κ3) is 3.46. The molecule has 0 aliphatic heterocycles. The van der Waals surface area contributed by atoms with Crippen molar-refractivity contribution < 1.29 is 4.79 Å². The topological polar surface area (TPSA) is 44.1 Å². The third-order valence-electron chi connectivity index (χ3n) is 2.92. The van der Waals surface area contributed by atoms with Crippen LogP contribution in [0.15, 0.2) is 53.0 Å². The molecule has 100 valence electrons. The summed E-state index contributed by atoms with van der Waals surface area (Å²) in [6.07, 6.45) is 0. The first kappa shape index (κ1) is 14.3. The van der Waals surface area contributed by atoms with E-state index in [-0.39, 0.29) is 5.91 Å². The van der Waals surface area contributed by atoms with Crippen LogP contribution in [0.3, 0.4) is 0 Å². The van der Waals surface area contributed by atoms with Gasteiger partial charge in [-0.1, -0.05) is 34.1 Å². The van der Waals surface area contributed by atoms with Crippen molar-refractivity contribution in [2.75, 3.05) is 7.05 Å². The van der Waals surface area contributed by atoms with E-state index in [4.69, 9.17) is 5.26 Å². The van der Waals surface area contributed by atoms with Crippen molar-refractivity contribution in [1.82, 2.24) is 4.90 Å². The third-order valence-corrected chi connectivity index (χ3v) is 3.41. The van der Waals surface area contributed by atoms with Crippen LogP contribution in [0.1, 0.15) is 21.5 Å². The molecule has 0 spiro atoms. The molecule has 1 amide bonds. The second-order valence-electron chi connectivity index (χ2n) is 4.48. The van der Waals surface area contributed by atoms with E-state index in [1.165, 1.54) is 0 Å². The molecular formula is C16H13BrN2O. The monoisotopic (exact) mass is 328 g/mol. The van der Waals surface area contributed by atoms with Gasteiger partial charge in [-0.25, -0.2) is 0 Å². The van der Waals surface area contributed by atoms with E-state index in [1.807, 2.05) is 24.3 Å². The Hall–Kier alpha value is -2.12. The number of benzene rings is 2. The van der Waals surface area contributed by atoms with E-state index in [1.54, 1.807) is 36.2 Å². The number of halogens is 1. The van der Waals surface area contributed by atoms with Crippen LogP contribution in [-0.2, 0) is 6.54 Å². The van der Waals surface area contributed by atoms with Gasteiger partial charge in [-0.15, -0.1) is 0 Å². The van der Waals surface area contributed by atoms with Gasteiger partial charge in [-0.2, -0.15) is 5.26 Å². The minimum atomic E-state index is -0.0318. The van der Waals surface area contributed by atoms with Gasteiger partial charge in [-0.05, 0) is 35.9 Å². The summed E-state index contributed by atoms with van der Waals surface area (Å²) in [5, 5.41) is 8.75. The molecule has 20 heavy (non-hydrogen) atoms. The molecule has 0 saturated carbocycles. The van der Waals surface area contributed by atoms with Crippen LogP contribution in [0, 0.1) is 11.3 Å². The molecule has 2 aromatic rings. The molecule has 0 radical (unpaired) electrons. The molecular weight excluding hydrogens is 316 g/mol. The highest BCUT2D eigenvalue weighted by atomic mass is 79.9. The van der Waals surface area contributed by atoms with Gasteiger partial charge in [0.1, 0.15) is 0 Å². The van der Waals surface area contributed by atoms with E-state index in [2.05, 4.69) is 22.0 Å². The SMILES string of the molecule is CN(Cc1ccc(C#N)cc1)C(=O)c1cccc(Br)c1. The predicted molar refractivity (Wildman–Crippen MR) is 81.1 cm³/mol. The molecule has 0 unspecified atom stereocenters. The highest BCUT2D eigenvalue weighted by Crippen LogP contribution is 2.14. The van der Waals surface area contributed by atoms with Gasteiger partial charge in [0.15, 0.2) is 0 Å². The van der Waals surface area contributed by atoms with Crippen molar-refractivity contribution in [3.8, 4) is 6.07 Å². The van der Waals surface area contributed by atoms with Crippen molar-refractivity contribution in [1.29, 1.82) is 5.26 Å². The van der Waals surface area contributed by atoms with Gasteiger partial charge in [0.05, 0.1) is 11.6 Å². The lowest BCUT2D eigenvalue weighted by atomic mass is 10.1. The summed E-state index contributed by atoms with van der Waals surface area (Å²) in [7, 11) is 1.77. The molecule has 4 heteroatoms. The molecule has 0 aliphatic rings. The van der Waals surface area contributed by atoms with Gasteiger partial charge >= 0.3 is 0 Å². The van der Waals surface area contributed by atoms with Crippen LogP contribution in [0.5, 0.6) is 0 Å². The molecule has 2 aromatic carbocycles. The van der Waals surface area contributed by atoms with Gasteiger partial charge in [-0.3, -0.25) is 4.79 Å². The Balaban J connectivity index is 2.09. The van der Waals surface area contributed by atoms with Gasteiger partial charge in [0.2, 0.25) is 0 Å². The smallest absolute Gasteiger partial charge is 0.253 e. The highest BCUT2D eigenvalue weighted by Gasteiger charge is 2.12. The van der Waals surface area contributed by atoms with Crippen molar-refractivity contribution in [2.45, 2.75) is 6.54 Å². The summed E-state index contributed by atoms with van der Waals surface area (Å²) in [6.45, 7) is 0.511. The number of amides is 1. The van der Waals surface area contributed by atoms with Crippen LogP contribution >= 0.6 is 15.9 Å². The molecule has 0 bridgehead atoms. The molecule has 0 heterocycles. The normalized spacial score (nSPS) is 9.85. The van der Waals surface area contributed by atoms with E-state index in [0.29, 0.717) is 17.7 Å². The zero-order chi connectivity index (χ0) is 14.5. The second kappa shape index (κ2) is 6.36. The summed E-state index contributed by atoms with van der Waals surface area (Å²) in [6, 6.07) is 16.6. The molecule has 2 rings (SSSR count). The fraction of sp³-hybridized carbons (Fsp3) is 0.125. The van der Waals surface area contributed by atoms with E-state index < -0.39 is 0 Å². The quantitative estimate of drug-likeness (QED) is 0.864. The first-order chi connectivity index (χ1) is 9.60. The summed E-state index contributed by atoms with van der Waals surface area (Å²) in [5.74, 6) is -0.0318. The number of nitrogens with zero attached hydrogens (tertiary/aromatic N) is 2. The molecule has 0 aliphatic carbocycles. The standard InChI is InChI=1S/C16H13BrN2O/c1-19(11-13-7-5-12(10-18)6-8-13)16(20)14-3-2-4-15(17)9-14/h2-9H,11H2,1H3. The average Bonchev–Trinajstić information content (AvgIpc) is 2.47. The molecule has 0 fully saturated rings. The van der Waals surface area contributed by atoms with Gasteiger partial charge < -0.3 is 4.90 Å². The van der Waals surface area contributed by atoms with Gasteiger partial charge in [0, 0.05) is 23.6 Å². The molecule has 0 atom stereocenters. The van der Waals surface area contributed by atoms with E-state index >= 15 is 0 Å². The highest BCUT2D eigenvalue weighted by molar-refractivity contribution is 9.10. The Labute approximate surface area is 126 Å². The fourth-order valence-corrected chi connectivity index (χ4v) is 2.27. The lowest BCUT2D eigenvalue weighted by Gasteiger charge is -2.17. The Morgan fingerprint density at radius 3 is 2.55 bits per heavy atom. The first-order valence-corrected chi connectivity index (χ1v) is 6.89. The average molecular weight is 329 g/mol. The largest absolute Gasteiger partial charge is 0.337 e. The van der Waals surface area contributed by atoms with Crippen molar-refractivity contribution in [3.05, 3.63) is 69.7 Å². The van der Waals surface area contributed by atoms with Crippen molar-refractivity contribution in [3.63, 3.8) is 0 Å². The van der Waals surface area contributed by atoms with Crippen LogP contribution in [-0.4, -0.2) is 17.9 Å². The summed E-state index contributed by atoms with van der Waals surface area (Å²) in [5.41, 5.74) is 2.26. The minimum absolute atomic E-state index is 0.0318. The summed E-state index contributed by atoms with van der Waals surface area (Å²) < 4.78 is 0.884. The van der Waals surface area contributed by atoms with Crippen molar-refractivity contribution >= 4 is 21.8 Å². The summed E-state index contributed by atoms with van der Waals surface area (Å²) in [4.78, 5) is 13.9. The zero-order valence-corrected chi connectivity index (χ0v) is 12.6. The second-order valence-corrected chi connectivity index (χ2v) is 5.40. The molecule has 0 saturated heterocycles. The maximum Gasteiger partial charge on any atom is 0.253 e. The number of carbonyl (C=O) groups is 1. The molecule has 0 aromatic heterocycles. The lowest BCUT2D eigenvalue weighted by Crippen LogP contribution is -2.26.